The van der Waals surface area contributed by atoms with Gasteiger partial charge in [0, 0.05) is 25.3 Å². The molecule has 0 aromatic carbocycles. The zero-order valence-electron chi connectivity index (χ0n) is 10.1. The lowest BCUT2D eigenvalue weighted by atomic mass is 9.93. The summed E-state index contributed by atoms with van der Waals surface area (Å²) >= 11 is 0. The number of halogens is 1. The molecule has 2 aliphatic rings. The number of nitrogens with zero attached hydrogens (tertiary/aromatic N) is 3. The highest BCUT2D eigenvalue weighted by Crippen LogP contribution is 2.34. The molecule has 2 aliphatic heterocycles. The summed E-state index contributed by atoms with van der Waals surface area (Å²) in [4.78, 5) is 8.76. The number of likely N-dealkylation sites (tertiary alicyclic amines) is 1. The average molecular weight is 235 g/mol. The van der Waals surface area contributed by atoms with Gasteiger partial charge in [-0.15, -0.1) is 0 Å². The molecule has 3 rings (SSSR count). The molecule has 3 heterocycles. The summed E-state index contributed by atoms with van der Waals surface area (Å²) in [6.07, 6.45) is 3.96. The summed E-state index contributed by atoms with van der Waals surface area (Å²) in [5.74, 6) is 1.03. The maximum atomic E-state index is 13.8. The number of rotatable bonds is 1. The van der Waals surface area contributed by atoms with E-state index in [1.165, 1.54) is 6.07 Å². The third-order valence-corrected chi connectivity index (χ3v) is 4.05. The van der Waals surface area contributed by atoms with Gasteiger partial charge >= 0.3 is 0 Å². The van der Waals surface area contributed by atoms with Gasteiger partial charge < -0.3 is 9.80 Å². The second kappa shape index (κ2) is 4.26. The number of fused-ring (bicyclic) bond motifs is 1. The molecule has 0 saturated carbocycles. The second-order valence-corrected chi connectivity index (χ2v) is 5.17. The maximum absolute atomic E-state index is 13.8. The van der Waals surface area contributed by atoms with Gasteiger partial charge in [0.25, 0.3) is 0 Å². The van der Waals surface area contributed by atoms with Crippen molar-refractivity contribution in [3.05, 3.63) is 24.1 Å². The highest BCUT2D eigenvalue weighted by atomic mass is 19.1. The summed E-state index contributed by atoms with van der Waals surface area (Å²) in [5, 5.41) is 0. The summed E-state index contributed by atoms with van der Waals surface area (Å²) in [6.45, 7) is 3.18. The van der Waals surface area contributed by atoms with Crippen molar-refractivity contribution >= 4 is 5.82 Å². The van der Waals surface area contributed by atoms with Crippen LogP contribution in [-0.4, -0.2) is 42.6 Å². The monoisotopic (exact) mass is 235 g/mol. The van der Waals surface area contributed by atoms with Gasteiger partial charge in [-0.2, -0.15) is 0 Å². The Hall–Kier alpha value is -1.16. The van der Waals surface area contributed by atoms with Gasteiger partial charge in [-0.3, -0.25) is 0 Å². The van der Waals surface area contributed by atoms with Crippen molar-refractivity contribution in [1.82, 2.24) is 9.88 Å². The first-order chi connectivity index (χ1) is 8.25. The van der Waals surface area contributed by atoms with Crippen molar-refractivity contribution in [1.29, 1.82) is 0 Å². The fourth-order valence-electron chi connectivity index (χ4n) is 3.22. The van der Waals surface area contributed by atoms with Gasteiger partial charge in [0.05, 0.1) is 0 Å². The van der Waals surface area contributed by atoms with Crippen molar-refractivity contribution in [2.24, 2.45) is 5.92 Å². The molecule has 0 amide bonds. The smallest absolute Gasteiger partial charge is 0.165 e. The Morgan fingerprint density at radius 3 is 3.06 bits per heavy atom. The largest absolute Gasteiger partial charge is 0.351 e. The maximum Gasteiger partial charge on any atom is 0.165 e. The first-order valence-corrected chi connectivity index (χ1v) is 6.31. The molecule has 1 aromatic rings. The van der Waals surface area contributed by atoms with E-state index in [4.69, 9.17) is 0 Å². The van der Waals surface area contributed by atoms with Gasteiger partial charge in [0.1, 0.15) is 0 Å². The predicted octanol–water partition coefficient (Wildman–Crippen LogP) is 1.75. The van der Waals surface area contributed by atoms with Gasteiger partial charge in [0.15, 0.2) is 11.6 Å². The molecule has 0 N–H and O–H groups in total. The molecule has 0 spiro atoms. The van der Waals surface area contributed by atoms with E-state index in [0.717, 1.165) is 32.5 Å². The number of hydrogen-bond donors (Lipinski definition) is 0. The molecule has 2 saturated heterocycles. The van der Waals surface area contributed by atoms with Gasteiger partial charge in [-0.05, 0) is 44.5 Å². The SMILES string of the molecule is CN1CCC2C(CCN2c2ncccc2F)C1. The molecule has 1 aromatic heterocycles. The molecule has 2 atom stereocenters. The minimum atomic E-state index is -0.188. The van der Waals surface area contributed by atoms with E-state index < -0.39 is 0 Å². The summed E-state index contributed by atoms with van der Waals surface area (Å²) < 4.78 is 13.8. The van der Waals surface area contributed by atoms with E-state index in [9.17, 15) is 4.39 Å². The lowest BCUT2D eigenvalue weighted by molar-refractivity contribution is 0.202. The van der Waals surface area contributed by atoms with Crippen molar-refractivity contribution in [2.75, 3.05) is 31.6 Å². The van der Waals surface area contributed by atoms with Gasteiger partial charge in [-0.25, -0.2) is 9.37 Å². The Bertz CT molecular complexity index is 409. The van der Waals surface area contributed by atoms with Crippen LogP contribution in [-0.2, 0) is 0 Å². The number of aromatic nitrogens is 1. The molecule has 4 heteroatoms. The van der Waals surface area contributed by atoms with Crippen LogP contribution in [0.2, 0.25) is 0 Å². The number of pyridine rings is 1. The normalized spacial score (nSPS) is 29.4. The lowest BCUT2D eigenvalue weighted by Gasteiger charge is -2.36. The highest BCUT2D eigenvalue weighted by molar-refractivity contribution is 5.43. The third-order valence-electron chi connectivity index (χ3n) is 4.05. The fourth-order valence-corrected chi connectivity index (χ4v) is 3.22. The summed E-state index contributed by atoms with van der Waals surface area (Å²) in [6, 6.07) is 3.64. The average Bonchev–Trinajstić information content (AvgIpc) is 2.72. The first kappa shape index (κ1) is 11.0. The Balaban J connectivity index is 1.84. The lowest BCUT2D eigenvalue weighted by Crippen LogP contribution is -2.44. The molecule has 3 nitrogen and oxygen atoms in total. The van der Waals surface area contributed by atoms with Crippen molar-refractivity contribution in [2.45, 2.75) is 18.9 Å². The molecule has 0 aliphatic carbocycles. The quantitative estimate of drug-likeness (QED) is 0.739. The summed E-state index contributed by atoms with van der Waals surface area (Å²) in [7, 11) is 2.17. The second-order valence-electron chi connectivity index (χ2n) is 5.17. The van der Waals surface area contributed by atoms with E-state index in [1.807, 2.05) is 0 Å². The van der Waals surface area contributed by atoms with Crippen LogP contribution in [0.15, 0.2) is 18.3 Å². The van der Waals surface area contributed by atoms with Gasteiger partial charge in [0.2, 0.25) is 0 Å². The van der Waals surface area contributed by atoms with Crippen LogP contribution in [0, 0.1) is 11.7 Å². The van der Waals surface area contributed by atoms with Crippen LogP contribution < -0.4 is 4.90 Å². The topological polar surface area (TPSA) is 19.4 Å². The zero-order chi connectivity index (χ0) is 11.8. The van der Waals surface area contributed by atoms with Crippen LogP contribution in [0.5, 0.6) is 0 Å². The van der Waals surface area contributed by atoms with Crippen molar-refractivity contribution < 1.29 is 4.39 Å². The fraction of sp³-hybridized carbons (Fsp3) is 0.615. The Kier molecular flexibility index (Phi) is 2.74. The predicted molar refractivity (Wildman–Crippen MR) is 65.6 cm³/mol. The molecule has 2 fully saturated rings. The molecular formula is C13H18FN3. The summed E-state index contributed by atoms with van der Waals surface area (Å²) in [5.41, 5.74) is 0. The van der Waals surface area contributed by atoms with E-state index in [0.29, 0.717) is 17.8 Å². The zero-order valence-corrected chi connectivity index (χ0v) is 10.1. The molecular weight excluding hydrogens is 217 g/mol. The Labute approximate surface area is 101 Å². The Morgan fingerprint density at radius 2 is 2.24 bits per heavy atom. The van der Waals surface area contributed by atoms with Crippen LogP contribution in [0.25, 0.3) is 0 Å². The minimum absolute atomic E-state index is 0.188. The first-order valence-electron chi connectivity index (χ1n) is 6.31. The van der Waals surface area contributed by atoms with E-state index in [-0.39, 0.29) is 5.82 Å². The Morgan fingerprint density at radius 1 is 1.35 bits per heavy atom. The van der Waals surface area contributed by atoms with Crippen LogP contribution in [0.4, 0.5) is 10.2 Å². The van der Waals surface area contributed by atoms with Crippen molar-refractivity contribution in [3.8, 4) is 0 Å². The van der Waals surface area contributed by atoms with Crippen LogP contribution in [0.3, 0.4) is 0 Å². The number of anilines is 1. The standard InChI is InChI=1S/C13H18FN3/c1-16-7-5-12-10(9-16)4-8-17(12)13-11(14)3-2-6-15-13/h2-3,6,10,12H,4-5,7-9H2,1H3. The molecule has 2 unspecified atom stereocenters. The number of hydrogen-bond acceptors (Lipinski definition) is 3. The van der Waals surface area contributed by atoms with E-state index in [2.05, 4.69) is 21.8 Å². The van der Waals surface area contributed by atoms with E-state index in [1.54, 1.807) is 12.3 Å². The van der Waals surface area contributed by atoms with Crippen LogP contribution >= 0.6 is 0 Å². The van der Waals surface area contributed by atoms with Crippen molar-refractivity contribution in [3.63, 3.8) is 0 Å². The number of piperidine rings is 1. The molecule has 92 valence electrons. The molecule has 0 bridgehead atoms. The van der Waals surface area contributed by atoms with E-state index >= 15 is 0 Å². The molecule has 17 heavy (non-hydrogen) atoms. The minimum Gasteiger partial charge on any atom is -0.351 e. The highest BCUT2D eigenvalue weighted by Gasteiger charge is 2.38. The molecule has 0 radical (unpaired) electrons. The van der Waals surface area contributed by atoms with Gasteiger partial charge in [-0.1, -0.05) is 0 Å². The third kappa shape index (κ3) is 1.90. The van der Waals surface area contributed by atoms with Crippen LogP contribution in [0.1, 0.15) is 12.8 Å².